The van der Waals surface area contributed by atoms with Crippen LogP contribution in [0.2, 0.25) is 0 Å². The van der Waals surface area contributed by atoms with Crippen LogP contribution in [0.3, 0.4) is 0 Å². The highest BCUT2D eigenvalue weighted by Gasteiger charge is 2.06. The van der Waals surface area contributed by atoms with Crippen LogP contribution in [0.15, 0.2) is 72.0 Å². The van der Waals surface area contributed by atoms with Gasteiger partial charge in [-0.1, -0.05) is 0 Å². The van der Waals surface area contributed by atoms with E-state index in [0.717, 1.165) is 16.7 Å². The number of carbonyl (C=O) groups excluding carboxylic acids is 1. The summed E-state index contributed by atoms with van der Waals surface area (Å²) < 4.78 is 7.06. The number of hydrogen-bond donors (Lipinski definition) is 1. The summed E-state index contributed by atoms with van der Waals surface area (Å²) in [7, 11) is 0. The highest BCUT2D eigenvalue weighted by atomic mass is 16.3. The molecule has 7 heteroatoms. The summed E-state index contributed by atoms with van der Waals surface area (Å²) in [6.45, 7) is 0. The van der Waals surface area contributed by atoms with Gasteiger partial charge >= 0.3 is 0 Å². The molecule has 0 bridgehead atoms. The number of aromatic nitrogens is 4. The lowest BCUT2D eigenvalue weighted by Crippen LogP contribution is -2.09. The van der Waals surface area contributed by atoms with Crippen molar-refractivity contribution in [2.24, 2.45) is 0 Å². The summed E-state index contributed by atoms with van der Waals surface area (Å²) in [6, 6.07) is 9.07. The molecule has 1 N–H and O–H groups in total. The van der Waals surface area contributed by atoms with Crippen molar-refractivity contribution in [3.8, 4) is 5.69 Å². The van der Waals surface area contributed by atoms with Crippen LogP contribution in [-0.2, 0) is 4.79 Å². The number of hydrogen-bond acceptors (Lipinski definition) is 5. The van der Waals surface area contributed by atoms with Crippen LogP contribution in [-0.4, -0.2) is 25.4 Å². The molecule has 0 spiro atoms. The molecule has 4 aromatic heterocycles. The minimum absolute atomic E-state index is 0.291. The maximum atomic E-state index is 12.0. The van der Waals surface area contributed by atoms with Crippen molar-refractivity contribution in [3.63, 3.8) is 0 Å². The predicted molar refractivity (Wildman–Crippen MR) is 93.0 cm³/mol. The number of rotatable bonds is 4. The van der Waals surface area contributed by atoms with Crippen LogP contribution < -0.4 is 5.32 Å². The van der Waals surface area contributed by atoms with Gasteiger partial charge in [-0.25, -0.2) is 15.0 Å². The molecule has 1 amide bonds. The number of nitrogens with one attached hydrogen (secondary N) is 1. The Balaban J connectivity index is 1.56. The molecule has 0 aliphatic heterocycles. The van der Waals surface area contributed by atoms with E-state index in [2.05, 4.69) is 20.3 Å². The number of nitrogens with zero attached hydrogens (tertiary/aromatic N) is 4. The Labute approximate surface area is 142 Å². The van der Waals surface area contributed by atoms with Crippen molar-refractivity contribution in [2.75, 3.05) is 5.32 Å². The van der Waals surface area contributed by atoms with Crippen molar-refractivity contribution < 1.29 is 9.21 Å². The van der Waals surface area contributed by atoms with Crippen LogP contribution in [0.1, 0.15) is 5.76 Å². The molecule has 4 rings (SSSR count). The van der Waals surface area contributed by atoms with E-state index < -0.39 is 0 Å². The van der Waals surface area contributed by atoms with E-state index in [1.54, 1.807) is 42.9 Å². The van der Waals surface area contributed by atoms with E-state index in [1.807, 2.05) is 22.9 Å². The maximum Gasteiger partial charge on any atom is 0.249 e. The molecule has 0 unspecified atom stereocenters. The van der Waals surface area contributed by atoms with Gasteiger partial charge in [-0.3, -0.25) is 4.79 Å². The lowest BCUT2D eigenvalue weighted by Gasteiger charge is -2.07. The summed E-state index contributed by atoms with van der Waals surface area (Å²) >= 11 is 0. The fraction of sp³-hybridized carbons (Fsp3) is 0. The second kappa shape index (κ2) is 6.40. The highest BCUT2D eigenvalue weighted by Crippen LogP contribution is 2.19. The number of fused-ring (bicyclic) bond motifs is 1. The van der Waals surface area contributed by atoms with Crippen LogP contribution in [0.4, 0.5) is 5.82 Å². The number of pyridine rings is 1. The predicted octanol–water partition coefficient (Wildman–Crippen LogP) is 3.06. The van der Waals surface area contributed by atoms with Crippen LogP contribution in [0.5, 0.6) is 0 Å². The molecule has 4 heterocycles. The molecular weight excluding hydrogens is 318 g/mol. The summed E-state index contributed by atoms with van der Waals surface area (Å²) in [4.78, 5) is 24.5. The second-order valence-corrected chi connectivity index (χ2v) is 5.22. The molecule has 0 atom stereocenters. The average Bonchev–Trinajstić information content (AvgIpc) is 3.30. The number of carbonyl (C=O) groups is 1. The van der Waals surface area contributed by atoms with Crippen molar-refractivity contribution >= 4 is 28.8 Å². The van der Waals surface area contributed by atoms with Gasteiger partial charge in [-0.2, -0.15) is 0 Å². The smallest absolute Gasteiger partial charge is 0.249 e. The Bertz CT molecular complexity index is 1050. The first kappa shape index (κ1) is 14.8. The molecule has 0 aromatic carbocycles. The van der Waals surface area contributed by atoms with Crippen LogP contribution >= 0.6 is 0 Å². The minimum Gasteiger partial charge on any atom is -0.465 e. The van der Waals surface area contributed by atoms with Crippen LogP contribution in [0, 0.1) is 0 Å². The summed E-state index contributed by atoms with van der Waals surface area (Å²) in [5.41, 5.74) is 1.63. The van der Waals surface area contributed by atoms with Crippen molar-refractivity contribution in [2.45, 2.75) is 0 Å². The third-order valence-corrected chi connectivity index (χ3v) is 3.56. The number of anilines is 1. The Morgan fingerprint density at radius 2 is 2.20 bits per heavy atom. The van der Waals surface area contributed by atoms with Gasteiger partial charge in [-0.05, 0) is 30.3 Å². The monoisotopic (exact) mass is 331 g/mol. The molecule has 7 nitrogen and oxygen atoms in total. The Morgan fingerprint density at radius 1 is 1.24 bits per heavy atom. The molecule has 0 saturated heterocycles. The van der Waals surface area contributed by atoms with E-state index >= 15 is 0 Å². The van der Waals surface area contributed by atoms with E-state index in [0.29, 0.717) is 11.6 Å². The molecule has 0 aliphatic carbocycles. The zero-order valence-electron chi connectivity index (χ0n) is 13.0. The van der Waals surface area contributed by atoms with Gasteiger partial charge in [-0.15, -0.1) is 0 Å². The standard InChI is InChI=1S/C18H13N5O2/c24-17(4-3-15-2-1-9-25-15)22-16-10-14(5-7-20-16)23-8-6-13-11-19-12-21-18(13)23/h1-12H,(H,20,22,24)/b4-3+. The molecule has 122 valence electrons. The van der Waals surface area contributed by atoms with Gasteiger partial charge in [0.15, 0.2) is 0 Å². The zero-order chi connectivity index (χ0) is 17.1. The van der Waals surface area contributed by atoms with Crippen molar-refractivity contribution in [1.29, 1.82) is 0 Å². The maximum absolute atomic E-state index is 12.0. The quantitative estimate of drug-likeness (QED) is 0.581. The molecule has 0 aliphatic rings. The normalized spacial score (nSPS) is 11.2. The molecule has 4 aromatic rings. The van der Waals surface area contributed by atoms with Crippen molar-refractivity contribution in [3.05, 3.63) is 73.3 Å². The first-order chi connectivity index (χ1) is 12.3. The lowest BCUT2D eigenvalue weighted by molar-refractivity contribution is -0.111. The topological polar surface area (TPSA) is 85.8 Å². The first-order valence-corrected chi connectivity index (χ1v) is 7.56. The first-order valence-electron chi connectivity index (χ1n) is 7.56. The van der Waals surface area contributed by atoms with Gasteiger partial charge in [0.05, 0.1) is 12.0 Å². The van der Waals surface area contributed by atoms with Gasteiger partial charge in [0.25, 0.3) is 0 Å². The van der Waals surface area contributed by atoms with E-state index in [9.17, 15) is 4.79 Å². The third-order valence-electron chi connectivity index (χ3n) is 3.56. The summed E-state index contributed by atoms with van der Waals surface area (Å²) in [5, 5.41) is 3.67. The Kier molecular flexibility index (Phi) is 3.80. The van der Waals surface area contributed by atoms with E-state index in [1.165, 1.54) is 12.4 Å². The SMILES string of the molecule is O=C(/C=C/c1ccco1)Nc1cc(-n2ccc3cncnc32)ccn1. The molecule has 25 heavy (non-hydrogen) atoms. The fourth-order valence-corrected chi connectivity index (χ4v) is 2.44. The van der Waals surface area contributed by atoms with Crippen molar-refractivity contribution in [1.82, 2.24) is 19.5 Å². The molecule has 0 saturated carbocycles. The highest BCUT2D eigenvalue weighted by molar-refractivity contribution is 6.01. The fourth-order valence-electron chi connectivity index (χ4n) is 2.44. The number of amides is 1. The van der Waals surface area contributed by atoms with Gasteiger partial charge in [0.1, 0.15) is 23.6 Å². The Morgan fingerprint density at radius 3 is 3.08 bits per heavy atom. The van der Waals surface area contributed by atoms with E-state index in [-0.39, 0.29) is 5.91 Å². The van der Waals surface area contributed by atoms with E-state index in [4.69, 9.17) is 4.42 Å². The molecule has 0 radical (unpaired) electrons. The van der Waals surface area contributed by atoms with Gasteiger partial charge in [0, 0.05) is 36.1 Å². The molecular formula is C18H13N5O2. The van der Waals surface area contributed by atoms with Gasteiger partial charge < -0.3 is 14.3 Å². The largest absolute Gasteiger partial charge is 0.465 e. The average molecular weight is 331 g/mol. The van der Waals surface area contributed by atoms with Gasteiger partial charge in [0.2, 0.25) is 5.91 Å². The lowest BCUT2D eigenvalue weighted by atomic mass is 10.3. The minimum atomic E-state index is -0.291. The third kappa shape index (κ3) is 3.16. The zero-order valence-corrected chi connectivity index (χ0v) is 13.0. The van der Waals surface area contributed by atoms with Crippen LogP contribution in [0.25, 0.3) is 22.8 Å². The second-order valence-electron chi connectivity index (χ2n) is 5.22. The number of furan rings is 1. The Hall–Kier alpha value is -3.74. The summed E-state index contributed by atoms with van der Waals surface area (Å²) in [5.74, 6) is 0.763. The molecule has 0 fully saturated rings. The summed E-state index contributed by atoms with van der Waals surface area (Å²) in [6.07, 6.45) is 11.3.